The van der Waals surface area contributed by atoms with Crippen molar-refractivity contribution in [3.8, 4) is 11.5 Å². The Bertz CT molecular complexity index is 1350. The monoisotopic (exact) mass is 509 g/mol. The number of aromatic nitrogens is 2. The zero-order chi connectivity index (χ0) is 26.7. The van der Waals surface area contributed by atoms with Crippen LogP contribution in [0.4, 0.5) is 4.39 Å². The fourth-order valence-corrected chi connectivity index (χ4v) is 4.40. The maximum absolute atomic E-state index is 16.0. The number of ether oxygens (including phenoxy) is 2. The van der Waals surface area contributed by atoms with Crippen molar-refractivity contribution in [3.63, 3.8) is 0 Å². The lowest BCUT2D eigenvalue weighted by atomic mass is 10.1. The highest BCUT2D eigenvalue weighted by atomic mass is 32.1. The van der Waals surface area contributed by atoms with Gasteiger partial charge in [-0.3, -0.25) is 23.4 Å². The number of alkyl halides is 1. The van der Waals surface area contributed by atoms with Gasteiger partial charge in [-0.05, 0) is 18.3 Å². The van der Waals surface area contributed by atoms with Crippen molar-refractivity contribution in [3.05, 3.63) is 50.6 Å². The summed E-state index contributed by atoms with van der Waals surface area (Å²) in [6.07, 6.45) is -7.64. The quantitative estimate of drug-likeness (QED) is 0.325. The highest BCUT2D eigenvalue weighted by Crippen LogP contribution is 2.57. The molecule has 12 nitrogen and oxygen atoms in total. The first-order valence-electron chi connectivity index (χ1n) is 10.7. The van der Waals surface area contributed by atoms with Crippen molar-refractivity contribution in [1.82, 2.24) is 9.55 Å². The molecule has 5 atom stereocenters. The Morgan fingerprint density at radius 1 is 1.52 bits per heavy atom. The van der Waals surface area contributed by atoms with Gasteiger partial charge < -0.3 is 29.3 Å². The number of hydrogen-bond acceptors (Lipinski definition) is 11. The van der Waals surface area contributed by atoms with Gasteiger partial charge in [0, 0.05) is 11.8 Å². The Morgan fingerprint density at radius 3 is 2.97 bits per heavy atom. The number of methoxy groups -OCH3 is 1. The molecule has 0 bridgehead atoms. The van der Waals surface area contributed by atoms with Crippen LogP contribution in [0.15, 0.2) is 29.2 Å². The maximum atomic E-state index is 16.0. The number of rotatable bonds is 6. The number of phosphoric ester groups is 1. The van der Waals surface area contributed by atoms with E-state index < -0.39 is 62.2 Å². The van der Waals surface area contributed by atoms with Crippen LogP contribution in [-0.4, -0.2) is 56.6 Å². The first-order valence-corrected chi connectivity index (χ1v) is 11.1. The van der Waals surface area contributed by atoms with E-state index in [0.29, 0.717) is 10.1 Å². The smallest absolute Gasteiger partial charge is 0.493 e. The van der Waals surface area contributed by atoms with E-state index in [0.717, 1.165) is 6.20 Å². The zero-order valence-electron chi connectivity index (χ0n) is 19.8. The minimum absolute atomic E-state index is 0.0972. The molecule has 2 aromatic rings. The molecule has 0 saturated carbocycles. The molecular weight excluding hydrogens is 486 g/mol. The van der Waals surface area contributed by atoms with Crippen LogP contribution in [0, 0.1) is 4.77 Å². The molecule has 1 aromatic carbocycles. The maximum Gasteiger partial charge on any atom is 0.530 e. The standard InChI is InChI=1S/C18H20FN2O10PS/c1-27-11-4-2-3-9-7-28-32(26,31-13(9)11)29-8-18(19)14(24)12(23)16(30-18)21-5-10(6-22)15(25)20-17(21)33/h2-5,12,14,16,22-24H,6-8H2,1H3,(H,20,25,33)/t12-,14+,16-,18-,32?/m1/s1/i8D2,16D. The van der Waals surface area contributed by atoms with Gasteiger partial charge in [0.2, 0.25) is 0 Å². The van der Waals surface area contributed by atoms with Crippen LogP contribution < -0.4 is 14.8 Å². The van der Waals surface area contributed by atoms with E-state index in [1.165, 1.54) is 19.2 Å². The summed E-state index contributed by atoms with van der Waals surface area (Å²) < 4.78 is 78.5. The van der Waals surface area contributed by atoms with Crippen molar-refractivity contribution in [2.24, 2.45) is 0 Å². The Labute approximate surface area is 194 Å². The SMILES string of the molecule is [2H]C([2H])(OP1(=O)OCc2cccc(OC)c2O1)[C@@]1(F)O[C@@]([2H])(n2cc(CO)c(=O)[nH]c2=S)[C@H](O)[C@@H]1O. The number of aromatic amines is 1. The Balaban J connectivity index is 1.69. The van der Waals surface area contributed by atoms with E-state index in [1.807, 2.05) is 0 Å². The normalized spacial score (nSPS) is 35.1. The van der Waals surface area contributed by atoms with Crippen molar-refractivity contribution in [2.75, 3.05) is 13.7 Å². The number of benzene rings is 1. The minimum atomic E-state index is -4.93. The Kier molecular flexibility index (Phi) is 5.45. The number of phosphoric acid groups is 1. The summed E-state index contributed by atoms with van der Waals surface area (Å²) in [4.78, 5) is 13.9. The number of nitrogens with one attached hydrogen (secondary N) is 1. The molecule has 180 valence electrons. The number of aliphatic hydroxyl groups is 3. The highest BCUT2D eigenvalue weighted by Gasteiger charge is 2.57. The lowest BCUT2D eigenvalue weighted by Crippen LogP contribution is -2.43. The van der Waals surface area contributed by atoms with E-state index in [1.54, 1.807) is 6.07 Å². The predicted molar refractivity (Wildman–Crippen MR) is 110 cm³/mol. The zero-order valence-corrected chi connectivity index (χ0v) is 18.5. The van der Waals surface area contributed by atoms with Crippen LogP contribution >= 0.6 is 20.0 Å². The summed E-state index contributed by atoms with van der Waals surface area (Å²) in [5.41, 5.74) is -0.844. The lowest BCUT2D eigenvalue weighted by Gasteiger charge is -2.29. The number of aliphatic hydroxyl groups excluding tert-OH is 3. The number of H-pyrrole nitrogens is 1. The molecule has 1 aromatic heterocycles. The van der Waals surface area contributed by atoms with E-state index in [2.05, 4.69) is 4.98 Å². The third-order valence-electron chi connectivity index (χ3n) is 4.77. The van der Waals surface area contributed by atoms with Crippen LogP contribution in [0.1, 0.15) is 21.4 Å². The average molecular weight is 509 g/mol. The third kappa shape index (κ3) is 4.36. The predicted octanol–water partition coefficient (Wildman–Crippen LogP) is 1.06. The summed E-state index contributed by atoms with van der Waals surface area (Å²) in [5.74, 6) is -4.07. The average Bonchev–Trinajstić information content (AvgIpc) is 2.99. The molecule has 0 aliphatic carbocycles. The molecule has 1 fully saturated rings. The van der Waals surface area contributed by atoms with Gasteiger partial charge in [-0.25, -0.2) is 8.96 Å². The van der Waals surface area contributed by atoms with Gasteiger partial charge in [-0.15, -0.1) is 0 Å². The molecule has 3 heterocycles. The van der Waals surface area contributed by atoms with E-state index in [-0.39, 0.29) is 17.1 Å². The van der Waals surface area contributed by atoms with Crippen molar-refractivity contribution < 1.29 is 51.4 Å². The Morgan fingerprint density at radius 2 is 2.27 bits per heavy atom. The van der Waals surface area contributed by atoms with Gasteiger partial charge in [0.25, 0.3) is 11.4 Å². The summed E-state index contributed by atoms with van der Waals surface area (Å²) in [7, 11) is -3.64. The van der Waals surface area contributed by atoms with Gasteiger partial charge in [-0.1, -0.05) is 12.1 Å². The summed E-state index contributed by atoms with van der Waals surface area (Å²) in [5, 5.41) is 30.3. The lowest BCUT2D eigenvalue weighted by molar-refractivity contribution is -0.205. The van der Waals surface area contributed by atoms with Crippen LogP contribution in [0.3, 0.4) is 0 Å². The first kappa shape index (κ1) is 20.2. The second-order valence-corrected chi connectivity index (χ2v) is 8.77. The van der Waals surface area contributed by atoms with E-state index in [4.69, 9.17) is 39.4 Å². The second kappa shape index (κ2) is 8.89. The molecule has 0 spiro atoms. The van der Waals surface area contributed by atoms with E-state index in [9.17, 15) is 24.7 Å². The molecule has 1 saturated heterocycles. The molecule has 0 amide bonds. The molecule has 33 heavy (non-hydrogen) atoms. The number of fused-ring (bicyclic) bond motifs is 1. The second-order valence-electron chi connectivity index (χ2n) is 6.87. The van der Waals surface area contributed by atoms with Gasteiger partial charge >= 0.3 is 7.82 Å². The van der Waals surface area contributed by atoms with Crippen molar-refractivity contribution in [1.29, 1.82) is 0 Å². The van der Waals surface area contributed by atoms with E-state index >= 15 is 4.39 Å². The van der Waals surface area contributed by atoms with Crippen LogP contribution in [-0.2, 0) is 31.6 Å². The topological polar surface area (TPSA) is 162 Å². The number of halogens is 1. The van der Waals surface area contributed by atoms with Gasteiger partial charge in [0.15, 0.2) is 22.5 Å². The van der Waals surface area contributed by atoms with Gasteiger partial charge in [0.05, 0.1) is 30.0 Å². The highest BCUT2D eigenvalue weighted by molar-refractivity contribution is 7.71. The van der Waals surface area contributed by atoms with Crippen LogP contribution in [0.2, 0.25) is 0 Å². The fraction of sp³-hybridized carbons (Fsp3) is 0.444. The minimum Gasteiger partial charge on any atom is -0.493 e. The van der Waals surface area contributed by atoms with Crippen LogP contribution in [0.5, 0.6) is 11.5 Å². The number of hydrogen-bond donors (Lipinski definition) is 4. The molecule has 15 heteroatoms. The summed E-state index contributed by atoms with van der Waals surface area (Å²) in [6.45, 7) is -5.10. The number of nitrogens with zero attached hydrogens (tertiary/aromatic N) is 1. The molecule has 2 aliphatic heterocycles. The molecule has 4 N–H and O–H groups in total. The summed E-state index contributed by atoms with van der Waals surface area (Å²) in [6, 6.07) is 4.57. The molecule has 1 unspecified atom stereocenters. The van der Waals surface area contributed by atoms with Gasteiger partial charge in [0.1, 0.15) is 18.8 Å². The molecule has 2 aliphatic rings. The van der Waals surface area contributed by atoms with Crippen molar-refractivity contribution in [2.45, 2.75) is 37.5 Å². The first-order chi connectivity index (χ1) is 16.7. The molecule has 0 radical (unpaired) electrons. The third-order valence-corrected chi connectivity index (χ3v) is 6.23. The van der Waals surface area contributed by atoms with Crippen LogP contribution in [0.25, 0.3) is 0 Å². The fourth-order valence-electron chi connectivity index (χ4n) is 3.06. The molecular formula is C18H20FN2O10PS. The summed E-state index contributed by atoms with van der Waals surface area (Å²) >= 11 is 4.91. The molecule has 4 rings (SSSR count). The Hall–Kier alpha value is -2.16. The van der Waals surface area contributed by atoms with Crippen molar-refractivity contribution >= 4 is 20.0 Å². The number of para-hydroxylation sites is 1. The largest absolute Gasteiger partial charge is 0.530 e. The van der Waals surface area contributed by atoms with Gasteiger partial charge in [-0.2, -0.15) is 0 Å².